The molecule has 0 saturated carbocycles. The zero-order chi connectivity index (χ0) is 22.4. The van der Waals surface area contributed by atoms with Gasteiger partial charge in [0.15, 0.2) is 9.84 Å². The van der Waals surface area contributed by atoms with Crippen LogP contribution in [0.5, 0.6) is 0 Å². The molecule has 6 nitrogen and oxygen atoms in total. The van der Waals surface area contributed by atoms with Crippen molar-refractivity contribution in [3.8, 4) is 0 Å². The summed E-state index contributed by atoms with van der Waals surface area (Å²) in [6.45, 7) is 0. The van der Waals surface area contributed by atoms with Crippen LogP contribution in [0.25, 0.3) is 0 Å². The Balaban J connectivity index is 1.65. The van der Waals surface area contributed by atoms with E-state index in [0.717, 1.165) is 4.90 Å². The number of rotatable bonds is 8. The Morgan fingerprint density at radius 3 is 2.16 bits per heavy atom. The number of carboxylic acid groups (broad SMARTS) is 1. The Bertz CT molecular complexity index is 1190. The van der Waals surface area contributed by atoms with Gasteiger partial charge in [0.1, 0.15) is 0 Å². The average Bonchev–Trinajstić information content (AvgIpc) is 2.75. The first-order chi connectivity index (χ1) is 14.8. The minimum Gasteiger partial charge on any atom is -0.478 e. The molecule has 3 aromatic rings. The van der Waals surface area contributed by atoms with Gasteiger partial charge in [-0.1, -0.05) is 23.7 Å². The van der Waals surface area contributed by atoms with Gasteiger partial charge in [0, 0.05) is 21.2 Å². The summed E-state index contributed by atoms with van der Waals surface area (Å²) < 4.78 is 25.0. The van der Waals surface area contributed by atoms with Gasteiger partial charge in [-0.2, -0.15) is 0 Å². The molecule has 9 heteroatoms. The Hall–Kier alpha value is -2.81. The molecule has 3 rings (SSSR count). The van der Waals surface area contributed by atoms with Crippen molar-refractivity contribution >= 4 is 50.8 Å². The number of anilines is 1. The number of sulfone groups is 1. The van der Waals surface area contributed by atoms with Gasteiger partial charge < -0.3 is 10.4 Å². The van der Waals surface area contributed by atoms with Crippen LogP contribution in [-0.2, 0) is 9.84 Å². The summed E-state index contributed by atoms with van der Waals surface area (Å²) in [5.74, 6) is -1.23. The van der Waals surface area contributed by atoms with Crippen LogP contribution in [0.3, 0.4) is 0 Å². The number of benzene rings is 3. The summed E-state index contributed by atoms with van der Waals surface area (Å²) in [6.07, 6.45) is 0. The highest BCUT2D eigenvalue weighted by molar-refractivity contribution is 8.00. The Morgan fingerprint density at radius 2 is 1.52 bits per heavy atom. The predicted octanol–water partition coefficient (Wildman–Crippen LogP) is 4.86. The van der Waals surface area contributed by atoms with Crippen molar-refractivity contribution < 1.29 is 23.1 Å². The van der Waals surface area contributed by atoms with E-state index in [1.165, 1.54) is 60.3 Å². The van der Waals surface area contributed by atoms with Crippen LogP contribution in [0.15, 0.2) is 82.6 Å². The first-order valence-corrected chi connectivity index (χ1v) is 12.1. The van der Waals surface area contributed by atoms with Crippen LogP contribution in [0.1, 0.15) is 20.7 Å². The summed E-state index contributed by atoms with van der Waals surface area (Å²) in [7, 11) is -3.45. The highest BCUT2D eigenvalue weighted by Gasteiger charge is 2.15. The molecule has 0 aliphatic rings. The van der Waals surface area contributed by atoms with Crippen molar-refractivity contribution in [3.63, 3.8) is 0 Å². The van der Waals surface area contributed by atoms with Crippen molar-refractivity contribution in [2.24, 2.45) is 0 Å². The minimum atomic E-state index is -3.45. The first kappa shape index (κ1) is 22.9. The second-order valence-corrected chi connectivity index (χ2v) is 10.1. The van der Waals surface area contributed by atoms with Crippen molar-refractivity contribution in [3.05, 3.63) is 88.9 Å². The molecule has 0 aliphatic heterocycles. The van der Waals surface area contributed by atoms with Gasteiger partial charge in [0.25, 0.3) is 5.91 Å². The van der Waals surface area contributed by atoms with Crippen molar-refractivity contribution in [2.75, 3.05) is 16.8 Å². The highest BCUT2D eigenvalue weighted by atomic mass is 35.5. The molecule has 0 fully saturated rings. The first-order valence-electron chi connectivity index (χ1n) is 9.11. The van der Waals surface area contributed by atoms with E-state index >= 15 is 0 Å². The lowest BCUT2D eigenvalue weighted by atomic mass is 10.1. The number of carbonyl (C=O) groups is 2. The van der Waals surface area contributed by atoms with E-state index in [-0.39, 0.29) is 16.2 Å². The van der Waals surface area contributed by atoms with Gasteiger partial charge >= 0.3 is 5.97 Å². The zero-order valence-electron chi connectivity index (χ0n) is 16.1. The van der Waals surface area contributed by atoms with Gasteiger partial charge in [0.05, 0.1) is 21.9 Å². The Labute approximate surface area is 189 Å². The molecule has 3 aromatic carbocycles. The van der Waals surface area contributed by atoms with Crippen LogP contribution >= 0.6 is 23.4 Å². The highest BCUT2D eigenvalue weighted by Crippen LogP contribution is 2.28. The number of halogens is 1. The van der Waals surface area contributed by atoms with Crippen LogP contribution in [-0.4, -0.2) is 36.9 Å². The van der Waals surface area contributed by atoms with Crippen LogP contribution in [0.4, 0.5) is 5.69 Å². The van der Waals surface area contributed by atoms with Crippen LogP contribution in [0.2, 0.25) is 5.02 Å². The van der Waals surface area contributed by atoms with E-state index in [1.807, 2.05) is 0 Å². The van der Waals surface area contributed by atoms with Gasteiger partial charge in [-0.3, -0.25) is 4.79 Å². The number of para-hydroxylation sites is 1. The van der Waals surface area contributed by atoms with E-state index < -0.39 is 21.7 Å². The summed E-state index contributed by atoms with van der Waals surface area (Å²) in [5, 5.41) is 12.2. The zero-order valence-corrected chi connectivity index (χ0v) is 18.5. The van der Waals surface area contributed by atoms with E-state index in [0.29, 0.717) is 22.0 Å². The molecule has 0 saturated heterocycles. The maximum Gasteiger partial charge on any atom is 0.335 e. The number of carbonyl (C=O) groups excluding carboxylic acids is 1. The summed E-state index contributed by atoms with van der Waals surface area (Å²) in [5.41, 5.74) is 0.952. The van der Waals surface area contributed by atoms with Gasteiger partial charge in [0.2, 0.25) is 0 Å². The molecule has 160 valence electrons. The van der Waals surface area contributed by atoms with E-state index in [9.17, 15) is 18.0 Å². The number of carboxylic acids is 1. The topological polar surface area (TPSA) is 101 Å². The molecule has 0 radical (unpaired) electrons. The predicted molar refractivity (Wildman–Crippen MR) is 122 cm³/mol. The lowest BCUT2D eigenvalue weighted by Crippen LogP contribution is -2.13. The molecule has 0 aliphatic carbocycles. The van der Waals surface area contributed by atoms with Crippen molar-refractivity contribution in [1.82, 2.24) is 0 Å². The third-order valence-corrected chi connectivity index (χ3v) is 7.63. The summed E-state index contributed by atoms with van der Waals surface area (Å²) in [6, 6.07) is 18.7. The molecule has 2 N–H and O–H groups in total. The molecular formula is C22H18ClNO5S2. The van der Waals surface area contributed by atoms with Crippen LogP contribution in [0, 0.1) is 0 Å². The smallest absolute Gasteiger partial charge is 0.335 e. The lowest BCUT2D eigenvalue weighted by Gasteiger charge is -2.11. The third kappa shape index (κ3) is 6.10. The quantitative estimate of drug-likeness (QED) is 0.451. The number of thioether (sulfide) groups is 1. The molecule has 0 spiro atoms. The molecule has 0 unspecified atom stereocenters. The minimum absolute atomic E-state index is 0.0712. The second kappa shape index (κ2) is 10.00. The molecule has 0 bridgehead atoms. The Morgan fingerprint density at radius 1 is 0.903 bits per heavy atom. The molecule has 0 heterocycles. The maximum absolute atomic E-state index is 12.5. The summed E-state index contributed by atoms with van der Waals surface area (Å²) >= 11 is 7.13. The number of hydrogen-bond donors (Lipinski definition) is 2. The number of hydrogen-bond acceptors (Lipinski definition) is 5. The standard InChI is InChI=1S/C22H18ClNO5S2/c23-17-9-11-18(12-10-17)31(28,29)14-13-30-20-4-2-1-3-19(20)24-21(25)15-5-7-16(8-6-15)22(26)27/h1-12H,13-14H2,(H,24,25)(H,26,27). The average molecular weight is 476 g/mol. The summed E-state index contributed by atoms with van der Waals surface area (Å²) in [4.78, 5) is 24.4. The largest absolute Gasteiger partial charge is 0.478 e. The van der Waals surface area contributed by atoms with Crippen molar-refractivity contribution in [1.29, 1.82) is 0 Å². The fourth-order valence-electron chi connectivity index (χ4n) is 2.68. The maximum atomic E-state index is 12.5. The molecule has 0 aromatic heterocycles. The molecular weight excluding hydrogens is 458 g/mol. The number of amides is 1. The van der Waals surface area contributed by atoms with Crippen LogP contribution < -0.4 is 5.32 Å². The van der Waals surface area contributed by atoms with Gasteiger partial charge in [-0.15, -0.1) is 11.8 Å². The van der Waals surface area contributed by atoms with Crippen molar-refractivity contribution in [2.45, 2.75) is 9.79 Å². The second-order valence-electron chi connectivity index (χ2n) is 6.45. The molecule has 1 amide bonds. The van der Waals surface area contributed by atoms with E-state index in [2.05, 4.69) is 5.32 Å². The fraction of sp³-hybridized carbons (Fsp3) is 0.0909. The third-order valence-electron chi connectivity index (χ3n) is 4.31. The molecule has 31 heavy (non-hydrogen) atoms. The monoisotopic (exact) mass is 475 g/mol. The van der Waals surface area contributed by atoms with E-state index in [1.54, 1.807) is 24.3 Å². The lowest BCUT2D eigenvalue weighted by molar-refractivity contribution is 0.0696. The van der Waals surface area contributed by atoms with Gasteiger partial charge in [-0.25, -0.2) is 13.2 Å². The molecule has 0 atom stereocenters. The number of nitrogens with one attached hydrogen (secondary N) is 1. The van der Waals surface area contributed by atoms with Gasteiger partial charge in [-0.05, 0) is 60.7 Å². The normalized spacial score (nSPS) is 11.1. The fourth-order valence-corrected chi connectivity index (χ4v) is 5.47. The SMILES string of the molecule is O=C(O)c1ccc(C(=O)Nc2ccccc2SCCS(=O)(=O)c2ccc(Cl)cc2)cc1. The number of aromatic carboxylic acids is 1. The van der Waals surface area contributed by atoms with E-state index in [4.69, 9.17) is 16.7 Å². The Kier molecular flexibility index (Phi) is 7.37.